The number of carbonyl (C=O) groups is 1. The molecule has 5 rings (SSSR count). The smallest absolute Gasteiger partial charge is 0.287 e. The van der Waals surface area contributed by atoms with Crippen molar-refractivity contribution in [3.63, 3.8) is 0 Å². The monoisotopic (exact) mass is 563 g/mol. The summed E-state index contributed by atoms with van der Waals surface area (Å²) < 4.78 is 26.2. The van der Waals surface area contributed by atoms with E-state index in [2.05, 4.69) is 20.6 Å². The number of hydrogen-bond acceptors (Lipinski definition) is 7. The highest BCUT2D eigenvalue weighted by Crippen LogP contribution is 2.28. The Hall–Kier alpha value is -4.28. The zero-order valence-electron chi connectivity index (χ0n) is 21.7. The van der Waals surface area contributed by atoms with E-state index in [-0.39, 0.29) is 23.4 Å². The van der Waals surface area contributed by atoms with Crippen LogP contribution in [0.4, 0.5) is 16.0 Å². The molecule has 1 aliphatic heterocycles. The lowest BCUT2D eigenvalue weighted by Gasteiger charge is -2.23. The SMILES string of the molecule is Cc1cc(Nc2nc(=O)c(C(=O)NC3CCOCC3)cn2Cc2ccc(Cl)cc2)ccc1Oc1cccc(F)n1. The molecule has 4 aromatic rings. The molecule has 9 nitrogen and oxygen atoms in total. The molecule has 40 heavy (non-hydrogen) atoms. The van der Waals surface area contributed by atoms with Gasteiger partial charge < -0.3 is 24.7 Å². The molecule has 1 aliphatic rings. The van der Waals surface area contributed by atoms with Crippen molar-refractivity contribution in [2.24, 2.45) is 0 Å². The molecule has 3 heterocycles. The Morgan fingerprint density at radius 3 is 2.62 bits per heavy atom. The highest BCUT2D eigenvalue weighted by molar-refractivity contribution is 6.30. The van der Waals surface area contributed by atoms with Crippen LogP contribution in [0.25, 0.3) is 0 Å². The number of carbonyl (C=O) groups excluding carboxylic acids is 1. The minimum atomic E-state index is -0.645. The van der Waals surface area contributed by atoms with Crippen molar-refractivity contribution >= 4 is 29.1 Å². The van der Waals surface area contributed by atoms with E-state index in [1.165, 1.54) is 18.3 Å². The summed E-state index contributed by atoms with van der Waals surface area (Å²) in [4.78, 5) is 34.0. The van der Waals surface area contributed by atoms with Gasteiger partial charge >= 0.3 is 0 Å². The second kappa shape index (κ2) is 12.3. The summed E-state index contributed by atoms with van der Waals surface area (Å²) in [5.41, 5.74) is 1.58. The van der Waals surface area contributed by atoms with E-state index in [1.807, 2.05) is 19.1 Å². The van der Waals surface area contributed by atoms with Crippen LogP contribution in [0.2, 0.25) is 5.02 Å². The normalized spacial score (nSPS) is 13.6. The van der Waals surface area contributed by atoms with E-state index in [0.29, 0.717) is 49.1 Å². The van der Waals surface area contributed by atoms with Crippen molar-refractivity contribution < 1.29 is 18.7 Å². The molecule has 0 spiro atoms. The first kappa shape index (κ1) is 27.3. The zero-order chi connectivity index (χ0) is 28.1. The van der Waals surface area contributed by atoms with Crippen molar-refractivity contribution in [1.82, 2.24) is 19.9 Å². The van der Waals surface area contributed by atoms with Gasteiger partial charge in [-0.15, -0.1) is 0 Å². The number of aromatic nitrogens is 3. The number of anilines is 2. The minimum absolute atomic E-state index is 0.0477. The van der Waals surface area contributed by atoms with Crippen molar-refractivity contribution in [3.8, 4) is 11.6 Å². The molecule has 0 saturated carbocycles. The lowest BCUT2D eigenvalue weighted by molar-refractivity contribution is 0.0695. The van der Waals surface area contributed by atoms with Gasteiger partial charge in [-0.05, 0) is 67.3 Å². The van der Waals surface area contributed by atoms with E-state index in [4.69, 9.17) is 21.1 Å². The molecular weight excluding hydrogens is 537 g/mol. The summed E-state index contributed by atoms with van der Waals surface area (Å²) in [7, 11) is 0. The Kier molecular flexibility index (Phi) is 8.37. The molecule has 2 aromatic carbocycles. The molecule has 2 N–H and O–H groups in total. The van der Waals surface area contributed by atoms with E-state index >= 15 is 0 Å². The number of amides is 1. The average Bonchev–Trinajstić information content (AvgIpc) is 2.93. The summed E-state index contributed by atoms with van der Waals surface area (Å²) in [6, 6.07) is 16.8. The Bertz CT molecular complexity index is 1570. The number of nitrogens with zero attached hydrogens (tertiary/aromatic N) is 3. The van der Waals surface area contributed by atoms with Gasteiger partial charge in [-0.25, -0.2) is 0 Å². The number of pyridine rings is 1. The van der Waals surface area contributed by atoms with Crippen molar-refractivity contribution in [1.29, 1.82) is 0 Å². The first-order valence-electron chi connectivity index (χ1n) is 12.8. The Morgan fingerprint density at radius 2 is 1.90 bits per heavy atom. The molecule has 2 aromatic heterocycles. The molecule has 206 valence electrons. The largest absolute Gasteiger partial charge is 0.439 e. The Morgan fingerprint density at radius 1 is 1.12 bits per heavy atom. The van der Waals surface area contributed by atoms with Crippen molar-refractivity contribution in [3.05, 3.63) is 105 Å². The van der Waals surface area contributed by atoms with Gasteiger partial charge in [-0.3, -0.25) is 9.59 Å². The van der Waals surface area contributed by atoms with Crippen LogP contribution in [0.15, 0.2) is 71.7 Å². The summed E-state index contributed by atoms with van der Waals surface area (Å²) in [5.74, 6) is -0.221. The van der Waals surface area contributed by atoms with Crippen LogP contribution in [0.5, 0.6) is 11.6 Å². The molecule has 0 atom stereocenters. The second-order valence-electron chi connectivity index (χ2n) is 9.40. The second-order valence-corrected chi connectivity index (χ2v) is 9.84. The molecule has 0 bridgehead atoms. The predicted molar refractivity (Wildman–Crippen MR) is 149 cm³/mol. The van der Waals surface area contributed by atoms with Gasteiger partial charge in [-0.2, -0.15) is 14.4 Å². The lowest BCUT2D eigenvalue weighted by atomic mass is 10.1. The van der Waals surface area contributed by atoms with Crippen LogP contribution in [0, 0.1) is 12.9 Å². The fraction of sp³-hybridized carbons (Fsp3) is 0.241. The highest BCUT2D eigenvalue weighted by atomic mass is 35.5. The number of ether oxygens (including phenoxy) is 2. The molecule has 0 aliphatic carbocycles. The third-order valence-corrected chi connectivity index (χ3v) is 6.65. The highest BCUT2D eigenvalue weighted by Gasteiger charge is 2.21. The number of nitrogens with one attached hydrogen (secondary N) is 2. The van der Waals surface area contributed by atoms with Gasteiger partial charge in [0.25, 0.3) is 11.5 Å². The maximum atomic E-state index is 13.4. The van der Waals surface area contributed by atoms with E-state index < -0.39 is 17.4 Å². The number of rotatable bonds is 8. The Balaban J connectivity index is 1.42. The van der Waals surface area contributed by atoms with Crippen LogP contribution in [-0.4, -0.2) is 39.7 Å². The van der Waals surface area contributed by atoms with Gasteiger partial charge in [-0.1, -0.05) is 29.8 Å². The molecular formula is C29H27ClFN5O4. The average molecular weight is 564 g/mol. The number of hydrogen-bond donors (Lipinski definition) is 2. The maximum absolute atomic E-state index is 13.4. The van der Waals surface area contributed by atoms with Crippen LogP contribution in [0.3, 0.4) is 0 Å². The zero-order valence-corrected chi connectivity index (χ0v) is 22.5. The van der Waals surface area contributed by atoms with Crippen LogP contribution < -0.4 is 20.9 Å². The first-order valence-corrected chi connectivity index (χ1v) is 13.1. The lowest BCUT2D eigenvalue weighted by Crippen LogP contribution is -2.41. The Labute approximate surface area is 235 Å². The third-order valence-electron chi connectivity index (χ3n) is 6.40. The van der Waals surface area contributed by atoms with Gasteiger partial charge in [0.2, 0.25) is 17.8 Å². The fourth-order valence-corrected chi connectivity index (χ4v) is 4.42. The molecule has 0 unspecified atom stereocenters. The topological polar surface area (TPSA) is 107 Å². The molecule has 0 radical (unpaired) electrons. The van der Waals surface area contributed by atoms with Gasteiger partial charge in [0, 0.05) is 42.2 Å². The number of aryl methyl sites for hydroxylation is 1. The third kappa shape index (κ3) is 6.83. The van der Waals surface area contributed by atoms with Crippen molar-refractivity contribution in [2.45, 2.75) is 32.4 Å². The van der Waals surface area contributed by atoms with Gasteiger partial charge in [0.05, 0.1) is 6.54 Å². The van der Waals surface area contributed by atoms with Crippen LogP contribution in [-0.2, 0) is 11.3 Å². The van der Waals surface area contributed by atoms with Gasteiger partial charge in [0.15, 0.2) is 0 Å². The number of benzene rings is 2. The first-order chi connectivity index (χ1) is 19.3. The van der Waals surface area contributed by atoms with E-state index in [9.17, 15) is 14.0 Å². The van der Waals surface area contributed by atoms with Gasteiger partial charge in [0.1, 0.15) is 11.3 Å². The van der Waals surface area contributed by atoms with Crippen molar-refractivity contribution in [2.75, 3.05) is 18.5 Å². The van der Waals surface area contributed by atoms with E-state index in [1.54, 1.807) is 41.0 Å². The summed E-state index contributed by atoms with van der Waals surface area (Å²) in [6.45, 7) is 3.29. The summed E-state index contributed by atoms with van der Waals surface area (Å²) >= 11 is 6.05. The van der Waals surface area contributed by atoms with Crippen LogP contribution in [0.1, 0.15) is 34.3 Å². The minimum Gasteiger partial charge on any atom is -0.439 e. The molecule has 11 heteroatoms. The quantitative estimate of drug-likeness (QED) is 0.283. The summed E-state index contributed by atoms with van der Waals surface area (Å²) in [5, 5.41) is 6.71. The molecule has 1 amide bonds. The van der Waals surface area contributed by atoms with E-state index in [0.717, 1.165) is 11.1 Å². The summed E-state index contributed by atoms with van der Waals surface area (Å²) in [6.07, 6.45) is 2.89. The standard InChI is InChI=1S/C29H27ClFN5O4/c1-18-15-22(9-10-24(18)40-26-4-2-3-25(31)34-26)33-29-35-28(38)23(27(37)32-21-11-13-39-14-12-21)17-36(29)16-19-5-7-20(30)8-6-19/h2-10,15,17,21H,11-14,16H2,1H3,(H,32,37)(H,33,35,38). The maximum Gasteiger partial charge on any atom is 0.287 e. The predicted octanol–water partition coefficient (Wildman–Crippen LogP) is 5.23. The number of halogens is 2. The van der Waals surface area contributed by atoms with Crippen LogP contribution >= 0.6 is 11.6 Å². The molecule has 1 saturated heterocycles. The molecule has 1 fully saturated rings. The fourth-order valence-electron chi connectivity index (χ4n) is 4.29.